The molecule has 22 heteroatoms. The molecular formula is C59H96O22. The maximum absolute atomic E-state index is 14.4. The van der Waals surface area contributed by atoms with Crippen molar-refractivity contribution in [2.45, 2.75) is 249 Å². The number of rotatable bonds is 15. The number of methoxy groups -OCH3 is 4. The molecule has 0 radical (unpaired) electrons. The van der Waals surface area contributed by atoms with Gasteiger partial charge in [0.15, 0.2) is 18.9 Å². The van der Waals surface area contributed by atoms with Crippen LogP contribution < -0.4 is 0 Å². The standard InChI is InChI=1S/C59H96O22/c1-29-20-30(2)24-40(60)43(72-15)27-42(77-55(67)34(6)25-39(71-14)23-31(3)22-33(5)50(32(4)21-29)79-56-49(64)48(63)47(62)36(8)76-56)35(7)59(69)54(73-16)53(66)58(12,44(80-59)18-17-19-70-13)81-45-26-41(61)51(37(9)74-45)78-46-28-57(11,68)52(65)38(10)75-46/h20-25,33,35-38,40-54,56,60-66,68-69H,17-19,26-28H2,1-16H3/b29-20+,30-24+,31-22+,32-21+,34-25+,39-23-/t33-,35-,36+,37-,38-,40-,41+,42+,43+,44-,45+,46+,47+,48-,49+,50-,51-,52-,53-,54-,56+,57-,58-,59+/m1/s1. The van der Waals surface area contributed by atoms with Crippen LogP contribution >= 0.6 is 0 Å². The molecule has 0 spiro atoms. The van der Waals surface area contributed by atoms with Gasteiger partial charge in [0.1, 0.15) is 60.2 Å². The highest BCUT2D eigenvalue weighted by Gasteiger charge is 2.64. The Kier molecular flexibility index (Phi) is 24.9. The molecule has 4 saturated heterocycles. The topological polar surface area (TPSA) is 310 Å². The van der Waals surface area contributed by atoms with E-state index >= 15 is 0 Å². The fourth-order valence-corrected chi connectivity index (χ4v) is 11.7. The van der Waals surface area contributed by atoms with E-state index in [1.807, 2.05) is 45.9 Å². The number of carbonyl (C=O) groups is 1. The minimum atomic E-state index is -2.44. The van der Waals surface area contributed by atoms with Gasteiger partial charge in [0.2, 0.25) is 5.79 Å². The molecule has 4 fully saturated rings. The van der Waals surface area contributed by atoms with E-state index in [9.17, 15) is 50.8 Å². The molecule has 5 heterocycles. The van der Waals surface area contributed by atoms with E-state index < -0.39 is 151 Å². The molecule has 0 aromatic rings. The van der Waals surface area contributed by atoms with Gasteiger partial charge in [-0.3, -0.25) is 0 Å². The van der Waals surface area contributed by atoms with Crippen LogP contribution in [-0.2, 0) is 61.6 Å². The van der Waals surface area contributed by atoms with Gasteiger partial charge < -0.3 is 103 Å². The molecule has 0 aromatic carbocycles. The van der Waals surface area contributed by atoms with E-state index in [4.69, 9.17) is 56.8 Å². The van der Waals surface area contributed by atoms with Crippen LogP contribution in [0.15, 0.2) is 70.1 Å². The van der Waals surface area contributed by atoms with Crippen LogP contribution in [0.1, 0.15) is 115 Å². The molecule has 0 bridgehead atoms. The molecule has 9 N–H and O–H groups in total. The Labute approximate surface area is 477 Å². The number of aliphatic hydroxyl groups excluding tert-OH is 7. The molecule has 0 aliphatic carbocycles. The number of esters is 1. The van der Waals surface area contributed by atoms with E-state index in [2.05, 4.69) is 0 Å². The summed E-state index contributed by atoms with van der Waals surface area (Å²) in [4.78, 5) is 14.4. The van der Waals surface area contributed by atoms with Gasteiger partial charge in [-0.25, -0.2) is 4.79 Å². The predicted octanol–water partition coefficient (Wildman–Crippen LogP) is 3.22. The quantitative estimate of drug-likeness (QED) is 0.0840. The second-order valence-corrected chi connectivity index (χ2v) is 23.4. The third kappa shape index (κ3) is 16.7. The maximum atomic E-state index is 14.4. The van der Waals surface area contributed by atoms with Crippen LogP contribution in [-0.4, -0.2) is 220 Å². The average molecular weight is 1160 g/mol. The lowest BCUT2D eigenvalue weighted by atomic mass is 9.75. The van der Waals surface area contributed by atoms with Crippen LogP contribution in [0, 0.1) is 11.8 Å². The van der Waals surface area contributed by atoms with Crippen LogP contribution in [0.5, 0.6) is 0 Å². The second-order valence-electron chi connectivity index (χ2n) is 23.4. The Balaban J connectivity index is 1.49. The first-order valence-corrected chi connectivity index (χ1v) is 28.1. The van der Waals surface area contributed by atoms with Gasteiger partial charge in [-0.15, -0.1) is 0 Å². The van der Waals surface area contributed by atoms with Crippen molar-refractivity contribution in [1.29, 1.82) is 0 Å². The molecule has 81 heavy (non-hydrogen) atoms. The summed E-state index contributed by atoms with van der Waals surface area (Å²) in [6.07, 6.45) is -11.8. The highest BCUT2D eigenvalue weighted by molar-refractivity contribution is 5.88. The summed E-state index contributed by atoms with van der Waals surface area (Å²) in [6, 6.07) is 0. The lowest BCUT2D eigenvalue weighted by Gasteiger charge is -2.57. The van der Waals surface area contributed by atoms with Crippen molar-refractivity contribution in [3.05, 3.63) is 70.1 Å². The van der Waals surface area contributed by atoms with Crippen molar-refractivity contribution in [3.8, 4) is 0 Å². The zero-order valence-corrected chi connectivity index (χ0v) is 50.2. The van der Waals surface area contributed by atoms with Crippen LogP contribution in [0.3, 0.4) is 0 Å². The van der Waals surface area contributed by atoms with Crippen molar-refractivity contribution in [2.75, 3.05) is 35.0 Å². The summed E-state index contributed by atoms with van der Waals surface area (Å²) in [5.41, 5.74) is -0.327. The van der Waals surface area contributed by atoms with E-state index in [1.165, 1.54) is 48.4 Å². The number of aliphatic hydroxyl groups is 9. The molecule has 22 nitrogen and oxygen atoms in total. The minimum Gasteiger partial charge on any atom is -0.497 e. The molecular weight excluding hydrogens is 1060 g/mol. The zero-order chi connectivity index (χ0) is 60.6. The molecule has 5 aliphatic heterocycles. The molecule has 5 rings (SSSR count). The van der Waals surface area contributed by atoms with E-state index in [-0.39, 0.29) is 43.6 Å². The Morgan fingerprint density at radius 3 is 1.98 bits per heavy atom. The summed E-state index contributed by atoms with van der Waals surface area (Å²) in [5.74, 6) is -4.64. The van der Waals surface area contributed by atoms with Crippen molar-refractivity contribution in [2.24, 2.45) is 11.8 Å². The average Bonchev–Trinajstić information content (AvgIpc) is 3.57. The normalized spacial score (nSPS) is 47.2. The summed E-state index contributed by atoms with van der Waals surface area (Å²) < 4.78 is 73.2. The SMILES string of the molecule is COCCC[C@H]1O[C@@](O)([C@H](C)[C@@H]2C[C@H](OC)[C@H](O)/C=C(C)/C=C(C)/C=C(\C)[C@@H](O[C@@H]3O[C@@H](C)[C@H](O)[C@@H](O)[C@@H]3O)[C@H](C)/C=C(C)/C=C(OC)/C=C(\C)C(=O)O2)[C@H](OC)[C@@H](O)[C@]1(C)O[C@H]1C[C@H](O)[C@H](O[C@H]2C[C@@](C)(O)[C@H](O)[C@@H](C)O2)[C@@H](C)O1. The first kappa shape index (κ1) is 68.7. The Bertz CT molecular complexity index is 2230. The van der Waals surface area contributed by atoms with Crippen molar-refractivity contribution in [1.82, 2.24) is 0 Å². The lowest BCUT2D eigenvalue weighted by molar-refractivity contribution is -0.416. The Morgan fingerprint density at radius 2 is 1.37 bits per heavy atom. The number of cyclic esters (lactones) is 1. The third-order valence-corrected chi connectivity index (χ3v) is 16.5. The molecule has 24 atom stereocenters. The Hall–Kier alpha value is -3.05. The van der Waals surface area contributed by atoms with Crippen LogP contribution in [0.2, 0.25) is 0 Å². The molecule has 0 aromatic heterocycles. The number of carbonyl (C=O) groups excluding carboxylic acids is 1. The van der Waals surface area contributed by atoms with Gasteiger partial charge in [-0.1, -0.05) is 54.9 Å². The first-order chi connectivity index (χ1) is 37.8. The van der Waals surface area contributed by atoms with Crippen molar-refractivity contribution in [3.63, 3.8) is 0 Å². The lowest BCUT2D eigenvalue weighted by Crippen LogP contribution is -2.74. The third-order valence-electron chi connectivity index (χ3n) is 16.5. The highest BCUT2D eigenvalue weighted by Crippen LogP contribution is 2.47. The first-order valence-electron chi connectivity index (χ1n) is 28.1. The predicted molar refractivity (Wildman–Crippen MR) is 293 cm³/mol. The molecule has 0 amide bonds. The van der Waals surface area contributed by atoms with Gasteiger partial charge >= 0.3 is 5.97 Å². The minimum absolute atomic E-state index is 0.0661. The number of hydrogen-bond donors (Lipinski definition) is 9. The number of hydrogen-bond acceptors (Lipinski definition) is 22. The zero-order valence-electron chi connectivity index (χ0n) is 50.2. The second kappa shape index (κ2) is 29.4. The maximum Gasteiger partial charge on any atom is 0.334 e. The van der Waals surface area contributed by atoms with Gasteiger partial charge in [-0.2, -0.15) is 0 Å². The van der Waals surface area contributed by atoms with E-state index in [0.29, 0.717) is 17.6 Å². The fraction of sp³-hybridized carbons (Fsp3) is 0.780. The molecule has 5 aliphatic rings. The number of allylic oxidation sites excluding steroid dienone is 7. The summed E-state index contributed by atoms with van der Waals surface area (Å²) in [5, 5.41) is 102. The van der Waals surface area contributed by atoms with Gasteiger partial charge in [0, 0.05) is 58.7 Å². The van der Waals surface area contributed by atoms with Crippen LogP contribution in [0.25, 0.3) is 0 Å². The van der Waals surface area contributed by atoms with Gasteiger partial charge in [0.05, 0.1) is 67.5 Å². The van der Waals surface area contributed by atoms with Crippen molar-refractivity contribution >= 4 is 5.97 Å². The molecule has 464 valence electrons. The largest absolute Gasteiger partial charge is 0.497 e. The smallest absolute Gasteiger partial charge is 0.334 e. The van der Waals surface area contributed by atoms with E-state index in [1.54, 1.807) is 53.7 Å². The monoisotopic (exact) mass is 1160 g/mol. The molecule has 0 unspecified atom stereocenters. The summed E-state index contributed by atoms with van der Waals surface area (Å²) in [7, 11) is 5.64. The summed E-state index contributed by atoms with van der Waals surface area (Å²) in [6.45, 7) is 20.5. The number of ether oxygens (including phenoxy) is 12. The Morgan fingerprint density at radius 1 is 0.716 bits per heavy atom. The molecule has 0 saturated carbocycles. The van der Waals surface area contributed by atoms with Gasteiger partial charge in [-0.05, 0) is 99.8 Å². The van der Waals surface area contributed by atoms with Gasteiger partial charge in [0.25, 0.3) is 0 Å². The van der Waals surface area contributed by atoms with Crippen molar-refractivity contribution < 1.29 is 108 Å². The summed E-state index contributed by atoms with van der Waals surface area (Å²) >= 11 is 0. The van der Waals surface area contributed by atoms with Crippen LogP contribution in [0.4, 0.5) is 0 Å². The van der Waals surface area contributed by atoms with E-state index in [0.717, 1.165) is 11.1 Å². The fourth-order valence-electron chi connectivity index (χ4n) is 11.7. The highest BCUT2D eigenvalue weighted by atomic mass is 16.7.